The molecule has 204 valence electrons. The molecule has 2 unspecified atom stereocenters. The average Bonchev–Trinajstić information content (AvgIpc) is 3.46. The predicted molar refractivity (Wildman–Crippen MR) is 139 cm³/mol. The number of rotatable bonds is 10. The summed E-state index contributed by atoms with van der Waals surface area (Å²) in [4.78, 5) is 34.6. The summed E-state index contributed by atoms with van der Waals surface area (Å²) in [6, 6.07) is 2.07. The quantitative estimate of drug-likeness (QED) is 0.394. The number of amidine groups is 1. The van der Waals surface area contributed by atoms with Crippen LogP contribution in [0, 0.1) is 5.82 Å². The zero-order valence-electron chi connectivity index (χ0n) is 20.1. The molecule has 1 aromatic heterocycles. The number of carboxylic acids is 1. The topological polar surface area (TPSA) is 104 Å². The Hall–Kier alpha value is -2.61. The molecule has 14 heteroatoms. The molecule has 2 aliphatic rings. The van der Waals surface area contributed by atoms with Crippen LogP contribution in [0.5, 0.6) is 0 Å². The van der Waals surface area contributed by atoms with Crippen molar-refractivity contribution in [3.8, 4) is 0 Å². The lowest BCUT2D eigenvalue weighted by Gasteiger charge is -2.31. The van der Waals surface area contributed by atoms with Gasteiger partial charge in [0.2, 0.25) is 0 Å². The van der Waals surface area contributed by atoms with Crippen molar-refractivity contribution in [3.63, 3.8) is 0 Å². The molecule has 3 heterocycles. The summed E-state index contributed by atoms with van der Waals surface area (Å²) in [6.07, 6.45) is 1.13. The van der Waals surface area contributed by atoms with Gasteiger partial charge in [0.1, 0.15) is 11.9 Å². The Morgan fingerprint density at radius 3 is 2.84 bits per heavy atom. The number of hydrogen-bond acceptors (Lipinski definition) is 9. The van der Waals surface area contributed by atoms with Crippen molar-refractivity contribution in [3.05, 3.63) is 62.5 Å². The predicted octanol–water partition coefficient (Wildman–Crippen LogP) is 4.37. The van der Waals surface area contributed by atoms with Crippen LogP contribution in [0.15, 0.2) is 46.0 Å². The maximum atomic E-state index is 14.5. The van der Waals surface area contributed by atoms with Crippen molar-refractivity contribution >= 4 is 52.5 Å². The van der Waals surface area contributed by atoms with Gasteiger partial charge in [-0.2, -0.15) is 0 Å². The fourth-order valence-electron chi connectivity index (χ4n) is 4.37. The van der Waals surface area contributed by atoms with Crippen molar-refractivity contribution in [2.75, 3.05) is 31.2 Å². The number of carboxylic acid groups (broad SMARTS) is 1. The van der Waals surface area contributed by atoms with Crippen molar-refractivity contribution < 1.29 is 32.6 Å². The zero-order valence-corrected chi connectivity index (χ0v) is 22.5. The maximum absolute atomic E-state index is 14.5. The number of thioether (sulfide) groups is 1. The molecule has 0 amide bonds. The number of benzene rings is 1. The van der Waals surface area contributed by atoms with E-state index in [2.05, 4.69) is 15.3 Å². The van der Waals surface area contributed by atoms with E-state index in [1.54, 1.807) is 18.5 Å². The maximum Gasteiger partial charge on any atom is 0.338 e. The summed E-state index contributed by atoms with van der Waals surface area (Å²) in [6.45, 7) is 1.02. The number of alkyl halides is 2. The van der Waals surface area contributed by atoms with Gasteiger partial charge in [-0.05, 0) is 19.1 Å². The second kappa shape index (κ2) is 12.1. The molecule has 0 spiro atoms. The van der Waals surface area contributed by atoms with E-state index in [0.29, 0.717) is 16.4 Å². The Bertz CT molecular complexity index is 1260. The number of nitrogens with zero attached hydrogens (tertiary/aromatic N) is 3. The molecule has 1 fully saturated rings. The van der Waals surface area contributed by atoms with Crippen LogP contribution < -0.4 is 5.32 Å². The monoisotopic (exact) mass is 588 g/mol. The Labute approximate surface area is 229 Å². The molecule has 0 bridgehead atoms. The second-order valence-corrected chi connectivity index (χ2v) is 11.0. The van der Waals surface area contributed by atoms with Crippen LogP contribution in [-0.4, -0.2) is 75.9 Å². The Morgan fingerprint density at radius 1 is 1.39 bits per heavy atom. The molecular formula is C24H24ClF3N4O4S2. The van der Waals surface area contributed by atoms with Crippen LogP contribution in [0.3, 0.4) is 0 Å². The first kappa shape index (κ1) is 28.4. The van der Waals surface area contributed by atoms with E-state index in [4.69, 9.17) is 21.4 Å². The lowest BCUT2D eigenvalue weighted by atomic mass is 9.95. The first-order valence-electron chi connectivity index (χ1n) is 11.6. The van der Waals surface area contributed by atoms with Gasteiger partial charge in [-0.3, -0.25) is 14.7 Å². The van der Waals surface area contributed by atoms with Crippen LogP contribution in [0.1, 0.15) is 30.0 Å². The van der Waals surface area contributed by atoms with Crippen molar-refractivity contribution in [1.29, 1.82) is 0 Å². The van der Waals surface area contributed by atoms with Gasteiger partial charge in [-0.25, -0.2) is 22.9 Å². The third kappa shape index (κ3) is 6.68. The van der Waals surface area contributed by atoms with Gasteiger partial charge < -0.3 is 15.2 Å². The minimum atomic E-state index is -2.99. The summed E-state index contributed by atoms with van der Waals surface area (Å²) in [5.74, 6) is -5.04. The van der Waals surface area contributed by atoms with Gasteiger partial charge in [0.25, 0.3) is 5.92 Å². The zero-order chi connectivity index (χ0) is 27.4. The molecule has 2 aliphatic heterocycles. The standard InChI is InChI=1S/C24H24ClF3N4O4S2/c1-2-36-23(35)19-17(9-32-12-24(27,28)8-14(32)10-37-11-18(33)34)30-21(22-29-5-6-38-22)31-20(19)15-4-3-13(26)7-16(15)25/h3-7,14,20H,2,8-12H2,1H3,(H,30,31)(H,33,34). The summed E-state index contributed by atoms with van der Waals surface area (Å²) < 4.78 is 48.2. The van der Waals surface area contributed by atoms with Crippen LogP contribution in [0.2, 0.25) is 5.02 Å². The van der Waals surface area contributed by atoms with E-state index in [9.17, 15) is 22.8 Å². The lowest BCUT2D eigenvalue weighted by Crippen LogP contribution is -2.42. The molecule has 2 aromatic rings. The second-order valence-electron chi connectivity index (χ2n) is 8.65. The summed E-state index contributed by atoms with van der Waals surface area (Å²) >= 11 is 8.70. The summed E-state index contributed by atoms with van der Waals surface area (Å²) in [7, 11) is 0. The number of likely N-dealkylation sites (tertiary alicyclic amines) is 1. The van der Waals surface area contributed by atoms with Crippen LogP contribution in [0.4, 0.5) is 13.2 Å². The average molecular weight is 589 g/mol. The van der Waals surface area contributed by atoms with Gasteiger partial charge in [0.15, 0.2) is 10.8 Å². The molecule has 2 atom stereocenters. The molecular weight excluding hydrogens is 565 g/mol. The SMILES string of the molecule is CCOC(=O)C1=C(CN2CC(F)(F)CC2CSCC(=O)O)NC(c2nccs2)=NC1c1ccc(F)cc1Cl. The molecule has 2 N–H and O–H groups in total. The first-order chi connectivity index (χ1) is 18.1. The Balaban J connectivity index is 1.76. The largest absolute Gasteiger partial charge is 0.481 e. The molecule has 1 saturated heterocycles. The number of carbonyl (C=O) groups excluding carboxylic acids is 1. The summed E-state index contributed by atoms with van der Waals surface area (Å²) in [5.41, 5.74) is 0.678. The van der Waals surface area contributed by atoms with E-state index in [1.165, 1.54) is 28.4 Å². The molecule has 0 aliphatic carbocycles. The molecule has 0 saturated carbocycles. The van der Waals surface area contributed by atoms with E-state index in [1.807, 2.05) is 0 Å². The fourth-order valence-corrected chi connectivity index (χ4v) is 6.12. The van der Waals surface area contributed by atoms with E-state index >= 15 is 0 Å². The van der Waals surface area contributed by atoms with Crippen molar-refractivity contribution in [1.82, 2.24) is 15.2 Å². The smallest absolute Gasteiger partial charge is 0.338 e. The minimum Gasteiger partial charge on any atom is -0.481 e. The van der Waals surface area contributed by atoms with Crippen LogP contribution >= 0.6 is 34.7 Å². The van der Waals surface area contributed by atoms with Gasteiger partial charge in [0, 0.05) is 52.6 Å². The number of nitrogens with one attached hydrogen (secondary N) is 1. The normalized spacial score (nSPS) is 21.2. The van der Waals surface area contributed by atoms with E-state index in [0.717, 1.165) is 17.8 Å². The number of carbonyl (C=O) groups is 2. The molecule has 38 heavy (non-hydrogen) atoms. The highest BCUT2D eigenvalue weighted by Crippen LogP contribution is 2.39. The first-order valence-corrected chi connectivity index (χ1v) is 14.0. The Morgan fingerprint density at radius 2 is 2.18 bits per heavy atom. The number of hydrogen-bond donors (Lipinski definition) is 2. The summed E-state index contributed by atoms with van der Waals surface area (Å²) in [5, 5.41) is 14.3. The van der Waals surface area contributed by atoms with Crippen molar-refractivity contribution in [2.24, 2.45) is 4.99 Å². The van der Waals surface area contributed by atoms with Crippen molar-refractivity contribution in [2.45, 2.75) is 31.4 Å². The number of ether oxygens (including phenoxy) is 1. The minimum absolute atomic E-state index is 0.0379. The van der Waals surface area contributed by atoms with Gasteiger partial charge in [-0.15, -0.1) is 23.1 Å². The number of halogens is 4. The number of aromatic nitrogens is 1. The highest BCUT2D eigenvalue weighted by Gasteiger charge is 2.46. The van der Waals surface area contributed by atoms with E-state index in [-0.39, 0.29) is 41.0 Å². The third-order valence-electron chi connectivity index (χ3n) is 5.90. The fraction of sp³-hybridized carbons (Fsp3) is 0.417. The number of thiazole rings is 1. The number of esters is 1. The molecule has 8 nitrogen and oxygen atoms in total. The van der Waals surface area contributed by atoms with Gasteiger partial charge in [-0.1, -0.05) is 17.7 Å². The molecule has 4 rings (SSSR count). The Kier molecular flexibility index (Phi) is 9.01. The van der Waals surface area contributed by atoms with Crippen LogP contribution in [0.25, 0.3) is 0 Å². The molecule has 0 radical (unpaired) electrons. The van der Waals surface area contributed by atoms with E-state index < -0.39 is 48.7 Å². The van der Waals surface area contributed by atoms with Gasteiger partial charge in [0.05, 0.1) is 24.5 Å². The highest BCUT2D eigenvalue weighted by atomic mass is 35.5. The third-order valence-corrected chi connectivity index (χ3v) is 8.07. The molecule has 1 aromatic carbocycles. The van der Waals surface area contributed by atoms with Gasteiger partial charge >= 0.3 is 11.9 Å². The van der Waals surface area contributed by atoms with Crippen LogP contribution in [-0.2, 0) is 14.3 Å². The lowest BCUT2D eigenvalue weighted by molar-refractivity contribution is -0.139. The highest BCUT2D eigenvalue weighted by molar-refractivity contribution is 7.99. The number of aliphatic carboxylic acids is 1. The number of aliphatic imine (C=N–C) groups is 1.